The van der Waals surface area contributed by atoms with Gasteiger partial charge in [-0.2, -0.15) is 0 Å². The maximum Gasteiger partial charge on any atom is 0.235 e. The van der Waals surface area contributed by atoms with Gasteiger partial charge in [0.2, 0.25) is 5.91 Å². The van der Waals surface area contributed by atoms with E-state index in [9.17, 15) is 4.79 Å². The Kier molecular flexibility index (Phi) is 6.22. The van der Waals surface area contributed by atoms with Crippen LogP contribution in [0, 0.1) is 0 Å². The molecule has 17 heavy (non-hydrogen) atoms. The Morgan fingerprint density at radius 2 is 2.12 bits per heavy atom. The summed E-state index contributed by atoms with van der Waals surface area (Å²) in [5, 5.41) is 2.85. The number of hydrogen-bond acceptors (Lipinski definition) is 3. The molecule has 0 aliphatic rings. The summed E-state index contributed by atoms with van der Waals surface area (Å²) >= 11 is 7.07. The number of halogens is 1. The molecule has 0 aliphatic carbocycles. The van der Waals surface area contributed by atoms with Gasteiger partial charge in [0, 0.05) is 5.75 Å². The lowest BCUT2D eigenvalue weighted by molar-refractivity contribution is -0.118. The molecular formula is C12H16ClNO2S. The summed E-state index contributed by atoms with van der Waals surface area (Å²) in [6.07, 6.45) is 0. The van der Waals surface area contributed by atoms with Gasteiger partial charge >= 0.3 is 0 Å². The van der Waals surface area contributed by atoms with Crippen LogP contribution in [-0.2, 0) is 10.5 Å². The Hall–Kier alpha value is -0.870. The zero-order valence-electron chi connectivity index (χ0n) is 9.90. The van der Waals surface area contributed by atoms with Crippen LogP contribution in [0.5, 0.6) is 5.75 Å². The molecule has 1 unspecified atom stereocenters. The number of benzene rings is 1. The van der Waals surface area contributed by atoms with Crippen LogP contribution in [0.4, 0.5) is 0 Å². The van der Waals surface area contributed by atoms with E-state index in [1.807, 2.05) is 31.2 Å². The summed E-state index contributed by atoms with van der Waals surface area (Å²) in [7, 11) is 1.65. The molecule has 1 atom stereocenters. The van der Waals surface area contributed by atoms with Crippen LogP contribution in [0.15, 0.2) is 24.3 Å². The van der Waals surface area contributed by atoms with Crippen LogP contribution in [-0.4, -0.2) is 24.3 Å². The largest absolute Gasteiger partial charge is 0.497 e. The van der Waals surface area contributed by atoms with E-state index in [-0.39, 0.29) is 17.2 Å². The monoisotopic (exact) mass is 273 g/mol. The Bertz CT molecular complexity index is 356. The summed E-state index contributed by atoms with van der Waals surface area (Å²) in [5.41, 5.74) is 1.20. The van der Waals surface area contributed by atoms with Gasteiger partial charge in [0.25, 0.3) is 0 Å². The summed E-state index contributed by atoms with van der Waals surface area (Å²) < 4.78 is 5.08. The van der Waals surface area contributed by atoms with Crippen molar-refractivity contribution < 1.29 is 9.53 Å². The number of methoxy groups -OCH3 is 1. The van der Waals surface area contributed by atoms with Gasteiger partial charge < -0.3 is 10.1 Å². The molecule has 1 rings (SSSR count). The molecule has 1 aromatic rings. The van der Waals surface area contributed by atoms with Gasteiger partial charge in [-0.15, -0.1) is 23.4 Å². The quantitative estimate of drug-likeness (QED) is 0.640. The first kappa shape index (κ1) is 14.2. The van der Waals surface area contributed by atoms with E-state index in [0.29, 0.717) is 0 Å². The van der Waals surface area contributed by atoms with Crippen LogP contribution in [0.3, 0.4) is 0 Å². The number of nitrogens with one attached hydrogen (secondary N) is 1. The fourth-order valence-corrected chi connectivity index (χ4v) is 2.18. The predicted molar refractivity (Wildman–Crippen MR) is 72.6 cm³/mol. The van der Waals surface area contributed by atoms with Crippen molar-refractivity contribution in [3.05, 3.63) is 29.8 Å². The van der Waals surface area contributed by atoms with E-state index in [2.05, 4.69) is 5.32 Å². The van der Waals surface area contributed by atoms with E-state index in [0.717, 1.165) is 11.5 Å². The van der Waals surface area contributed by atoms with E-state index >= 15 is 0 Å². The second-order valence-corrected chi connectivity index (χ2v) is 5.10. The number of amides is 1. The number of ether oxygens (including phenoxy) is 1. The zero-order chi connectivity index (χ0) is 12.7. The predicted octanol–water partition coefficient (Wildman–Crippen LogP) is 2.63. The van der Waals surface area contributed by atoms with Gasteiger partial charge in [-0.25, -0.2) is 0 Å². The molecular weight excluding hydrogens is 258 g/mol. The van der Waals surface area contributed by atoms with Crippen molar-refractivity contribution in [2.75, 3.05) is 13.0 Å². The average molecular weight is 274 g/mol. The van der Waals surface area contributed by atoms with Gasteiger partial charge in [-0.3, -0.25) is 4.79 Å². The van der Waals surface area contributed by atoms with E-state index in [1.165, 1.54) is 5.56 Å². The SMILES string of the molecule is COc1ccc(CSC(C)NC(=O)CCl)cc1. The van der Waals surface area contributed by atoms with Crippen molar-refractivity contribution >= 4 is 29.3 Å². The van der Waals surface area contributed by atoms with E-state index in [4.69, 9.17) is 16.3 Å². The molecule has 94 valence electrons. The Morgan fingerprint density at radius 1 is 1.47 bits per heavy atom. The third-order valence-electron chi connectivity index (χ3n) is 2.14. The highest BCUT2D eigenvalue weighted by molar-refractivity contribution is 7.99. The fourth-order valence-electron chi connectivity index (χ4n) is 1.25. The Labute approximate surface area is 111 Å². The Balaban J connectivity index is 2.36. The van der Waals surface area contributed by atoms with E-state index in [1.54, 1.807) is 18.9 Å². The second-order valence-electron chi connectivity index (χ2n) is 3.50. The first-order valence-corrected chi connectivity index (χ1v) is 6.84. The number of hydrogen-bond donors (Lipinski definition) is 1. The van der Waals surface area contributed by atoms with Gasteiger partial charge in [-0.05, 0) is 24.6 Å². The Morgan fingerprint density at radius 3 is 2.65 bits per heavy atom. The number of carbonyl (C=O) groups is 1. The van der Waals surface area contributed by atoms with Crippen LogP contribution < -0.4 is 10.1 Å². The standard InChI is InChI=1S/C12H16ClNO2S/c1-9(14-12(15)7-13)17-8-10-3-5-11(16-2)6-4-10/h3-6,9H,7-8H2,1-2H3,(H,14,15). The highest BCUT2D eigenvalue weighted by atomic mass is 35.5. The summed E-state index contributed by atoms with van der Waals surface area (Å²) in [5.74, 6) is 1.56. The lowest BCUT2D eigenvalue weighted by Gasteiger charge is -2.12. The van der Waals surface area contributed by atoms with Crippen molar-refractivity contribution in [2.24, 2.45) is 0 Å². The molecule has 0 saturated heterocycles. The van der Waals surface area contributed by atoms with Gasteiger partial charge in [0.15, 0.2) is 0 Å². The number of carbonyl (C=O) groups excluding carboxylic acids is 1. The fraction of sp³-hybridized carbons (Fsp3) is 0.417. The lowest BCUT2D eigenvalue weighted by Crippen LogP contribution is -2.31. The van der Waals surface area contributed by atoms with Crippen LogP contribution in [0.25, 0.3) is 0 Å². The van der Waals surface area contributed by atoms with Crippen molar-refractivity contribution in [2.45, 2.75) is 18.1 Å². The molecule has 0 bridgehead atoms. The maximum atomic E-state index is 11.0. The third kappa shape index (κ3) is 5.33. The second kappa shape index (κ2) is 7.45. The first-order chi connectivity index (χ1) is 8.15. The van der Waals surface area contributed by atoms with E-state index < -0.39 is 0 Å². The van der Waals surface area contributed by atoms with Gasteiger partial charge in [0.1, 0.15) is 11.6 Å². The highest BCUT2D eigenvalue weighted by Crippen LogP contribution is 2.18. The molecule has 1 amide bonds. The molecule has 5 heteroatoms. The van der Waals surface area contributed by atoms with Crippen LogP contribution >= 0.6 is 23.4 Å². The van der Waals surface area contributed by atoms with Crippen molar-refractivity contribution in [1.29, 1.82) is 0 Å². The topological polar surface area (TPSA) is 38.3 Å². The molecule has 1 aromatic carbocycles. The molecule has 0 aromatic heterocycles. The minimum atomic E-state index is -0.138. The van der Waals surface area contributed by atoms with Gasteiger partial charge in [0.05, 0.1) is 12.5 Å². The molecule has 0 fully saturated rings. The highest BCUT2D eigenvalue weighted by Gasteiger charge is 2.06. The first-order valence-electron chi connectivity index (χ1n) is 5.25. The summed E-state index contributed by atoms with van der Waals surface area (Å²) in [6, 6.07) is 7.89. The minimum absolute atomic E-state index is 0.00738. The molecule has 3 nitrogen and oxygen atoms in total. The van der Waals surface area contributed by atoms with Crippen molar-refractivity contribution in [3.8, 4) is 5.75 Å². The minimum Gasteiger partial charge on any atom is -0.497 e. The third-order valence-corrected chi connectivity index (χ3v) is 3.51. The zero-order valence-corrected chi connectivity index (χ0v) is 11.5. The number of thioether (sulfide) groups is 1. The molecule has 0 spiro atoms. The molecule has 1 N–H and O–H groups in total. The maximum absolute atomic E-state index is 11.0. The lowest BCUT2D eigenvalue weighted by atomic mass is 10.2. The smallest absolute Gasteiger partial charge is 0.235 e. The number of rotatable bonds is 6. The average Bonchev–Trinajstić information content (AvgIpc) is 2.36. The summed E-state index contributed by atoms with van der Waals surface area (Å²) in [4.78, 5) is 11.0. The molecule has 0 saturated carbocycles. The van der Waals surface area contributed by atoms with Crippen LogP contribution in [0.2, 0.25) is 0 Å². The normalized spacial score (nSPS) is 11.9. The molecule has 0 radical (unpaired) electrons. The van der Waals surface area contributed by atoms with Crippen LogP contribution in [0.1, 0.15) is 12.5 Å². The van der Waals surface area contributed by atoms with Crippen molar-refractivity contribution in [1.82, 2.24) is 5.32 Å². The molecule has 0 heterocycles. The van der Waals surface area contributed by atoms with Crippen molar-refractivity contribution in [3.63, 3.8) is 0 Å². The summed E-state index contributed by atoms with van der Waals surface area (Å²) in [6.45, 7) is 1.94. The van der Waals surface area contributed by atoms with Gasteiger partial charge in [-0.1, -0.05) is 12.1 Å². The number of alkyl halides is 1. The molecule has 0 aliphatic heterocycles.